The highest BCUT2D eigenvalue weighted by atomic mass is 16.1. The summed E-state index contributed by atoms with van der Waals surface area (Å²) in [4.78, 5) is 30.3. The zero-order chi connectivity index (χ0) is 15.5. The number of aromatic nitrogens is 2. The number of carbonyl (C=O) groups is 1. The molecule has 1 heterocycles. The van der Waals surface area contributed by atoms with Gasteiger partial charge in [0.25, 0.3) is 5.56 Å². The van der Waals surface area contributed by atoms with Gasteiger partial charge in [-0.25, -0.2) is 4.98 Å². The second-order valence-electron chi connectivity index (χ2n) is 5.93. The summed E-state index contributed by atoms with van der Waals surface area (Å²) in [6.07, 6.45) is 3.64. The number of fused-ring (bicyclic) bond motifs is 1. The molecule has 0 atom stereocenters. The number of benzene rings is 1. The number of carbonyl (C=O) groups excluding carboxylic acids is 1. The molecule has 0 radical (unpaired) electrons. The molecule has 1 aromatic heterocycles. The van der Waals surface area contributed by atoms with E-state index in [4.69, 9.17) is 5.73 Å². The molecule has 4 N–H and O–H groups in total. The standard InChI is InChI=1S/C16H20N4O2/c17-14(21)11-7-5-10(6-8-11)9-18-16-19-13-4-2-1-3-12(13)15(22)20-16/h1-4,10-11H,5-9H2,(H2,17,21)(H2,18,19,20,22). The van der Waals surface area contributed by atoms with Crippen molar-refractivity contribution >= 4 is 22.8 Å². The molecule has 0 unspecified atom stereocenters. The van der Waals surface area contributed by atoms with Gasteiger partial charge < -0.3 is 11.1 Å². The molecule has 1 aliphatic carbocycles. The normalized spacial score (nSPS) is 21.6. The molecule has 1 aromatic carbocycles. The van der Waals surface area contributed by atoms with Gasteiger partial charge in [-0.2, -0.15) is 0 Å². The van der Waals surface area contributed by atoms with Crippen LogP contribution < -0.4 is 16.6 Å². The van der Waals surface area contributed by atoms with E-state index >= 15 is 0 Å². The third kappa shape index (κ3) is 3.10. The number of aromatic amines is 1. The number of hydrogen-bond acceptors (Lipinski definition) is 4. The van der Waals surface area contributed by atoms with Gasteiger partial charge in [-0.3, -0.25) is 14.6 Å². The Morgan fingerprint density at radius 1 is 1.27 bits per heavy atom. The van der Waals surface area contributed by atoms with Crippen molar-refractivity contribution in [3.8, 4) is 0 Å². The smallest absolute Gasteiger partial charge is 0.260 e. The summed E-state index contributed by atoms with van der Waals surface area (Å²) in [6, 6.07) is 7.27. The minimum atomic E-state index is -0.188. The van der Waals surface area contributed by atoms with Crippen LogP contribution in [0.1, 0.15) is 25.7 Å². The zero-order valence-corrected chi connectivity index (χ0v) is 12.3. The Bertz CT molecular complexity index is 732. The Morgan fingerprint density at radius 3 is 2.73 bits per heavy atom. The minimum absolute atomic E-state index is 0.0230. The van der Waals surface area contributed by atoms with Crippen LogP contribution in [0.5, 0.6) is 0 Å². The largest absolute Gasteiger partial charge is 0.369 e. The van der Waals surface area contributed by atoms with Gasteiger partial charge in [0, 0.05) is 12.5 Å². The number of primary amides is 1. The monoisotopic (exact) mass is 300 g/mol. The number of hydrogen-bond donors (Lipinski definition) is 3. The highest BCUT2D eigenvalue weighted by Crippen LogP contribution is 2.28. The van der Waals surface area contributed by atoms with Crippen LogP contribution in [-0.4, -0.2) is 22.4 Å². The number of nitrogens with one attached hydrogen (secondary N) is 2. The molecule has 1 fully saturated rings. The van der Waals surface area contributed by atoms with Gasteiger partial charge in [-0.05, 0) is 43.7 Å². The van der Waals surface area contributed by atoms with E-state index in [0.29, 0.717) is 22.8 Å². The third-order valence-corrected chi connectivity index (χ3v) is 4.42. The minimum Gasteiger partial charge on any atom is -0.369 e. The van der Waals surface area contributed by atoms with Crippen LogP contribution in [0, 0.1) is 11.8 Å². The fraction of sp³-hybridized carbons (Fsp3) is 0.438. The van der Waals surface area contributed by atoms with Crippen LogP contribution in [0.4, 0.5) is 5.95 Å². The molecule has 6 heteroatoms. The summed E-state index contributed by atoms with van der Waals surface area (Å²) in [5, 5.41) is 3.80. The maximum Gasteiger partial charge on any atom is 0.260 e. The van der Waals surface area contributed by atoms with Crippen LogP contribution in [0.2, 0.25) is 0 Å². The van der Waals surface area contributed by atoms with E-state index < -0.39 is 0 Å². The molecule has 0 bridgehead atoms. The van der Waals surface area contributed by atoms with Crippen LogP contribution in [0.15, 0.2) is 29.1 Å². The van der Waals surface area contributed by atoms with Gasteiger partial charge in [0.2, 0.25) is 11.9 Å². The molecule has 0 aliphatic heterocycles. The van der Waals surface area contributed by atoms with Crippen LogP contribution in [0.3, 0.4) is 0 Å². The molecular weight excluding hydrogens is 280 g/mol. The fourth-order valence-electron chi connectivity index (χ4n) is 3.06. The lowest BCUT2D eigenvalue weighted by Crippen LogP contribution is -2.30. The summed E-state index contributed by atoms with van der Waals surface area (Å²) in [6.45, 7) is 0.743. The van der Waals surface area contributed by atoms with Crippen LogP contribution >= 0.6 is 0 Å². The SMILES string of the molecule is NC(=O)C1CCC(CNc2nc3ccccc3c(=O)[nH]2)CC1. The molecule has 116 valence electrons. The van der Waals surface area contributed by atoms with Crippen LogP contribution in [-0.2, 0) is 4.79 Å². The van der Waals surface area contributed by atoms with E-state index in [0.717, 1.165) is 32.2 Å². The second kappa shape index (κ2) is 6.17. The lowest BCUT2D eigenvalue weighted by Gasteiger charge is -2.26. The molecule has 0 spiro atoms. The lowest BCUT2D eigenvalue weighted by atomic mass is 9.82. The van der Waals surface area contributed by atoms with Gasteiger partial charge >= 0.3 is 0 Å². The van der Waals surface area contributed by atoms with Crippen molar-refractivity contribution in [2.45, 2.75) is 25.7 Å². The number of para-hydroxylation sites is 1. The number of nitrogens with two attached hydrogens (primary N) is 1. The van der Waals surface area contributed by atoms with Crippen molar-refractivity contribution in [1.82, 2.24) is 9.97 Å². The molecule has 1 aliphatic rings. The number of amides is 1. The van der Waals surface area contributed by atoms with E-state index in [1.807, 2.05) is 18.2 Å². The van der Waals surface area contributed by atoms with E-state index in [1.54, 1.807) is 6.07 Å². The first-order valence-corrected chi connectivity index (χ1v) is 7.65. The van der Waals surface area contributed by atoms with Gasteiger partial charge in [0.1, 0.15) is 0 Å². The highest BCUT2D eigenvalue weighted by Gasteiger charge is 2.24. The summed E-state index contributed by atoms with van der Waals surface area (Å²) in [5.74, 6) is 0.815. The Balaban J connectivity index is 1.63. The molecule has 1 saturated carbocycles. The van der Waals surface area contributed by atoms with Crippen molar-refractivity contribution < 1.29 is 4.79 Å². The van der Waals surface area contributed by atoms with Crippen molar-refractivity contribution in [3.05, 3.63) is 34.6 Å². The van der Waals surface area contributed by atoms with Gasteiger partial charge in [-0.1, -0.05) is 12.1 Å². The van der Waals surface area contributed by atoms with Gasteiger partial charge in [0.15, 0.2) is 0 Å². The van der Waals surface area contributed by atoms with E-state index in [2.05, 4.69) is 15.3 Å². The third-order valence-electron chi connectivity index (χ3n) is 4.42. The van der Waals surface area contributed by atoms with E-state index in [1.165, 1.54) is 0 Å². The topological polar surface area (TPSA) is 101 Å². The predicted molar refractivity (Wildman–Crippen MR) is 85.5 cm³/mol. The summed E-state index contributed by atoms with van der Waals surface area (Å²) < 4.78 is 0. The molecule has 6 nitrogen and oxygen atoms in total. The predicted octanol–water partition coefficient (Wildman–Crippen LogP) is 1.63. The molecular formula is C16H20N4O2. The first-order chi connectivity index (χ1) is 10.6. The van der Waals surface area contributed by atoms with Crippen molar-refractivity contribution in [3.63, 3.8) is 0 Å². The fourth-order valence-corrected chi connectivity index (χ4v) is 3.06. The molecule has 3 rings (SSSR count). The first kappa shape index (κ1) is 14.6. The Hall–Kier alpha value is -2.37. The van der Waals surface area contributed by atoms with Crippen molar-refractivity contribution in [2.75, 3.05) is 11.9 Å². The average Bonchev–Trinajstić information content (AvgIpc) is 2.53. The maximum absolute atomic E-state index is 12.0. The quantitative estimate of drug-likeness (QED) is 0.798. The Morgan fingerprint density at radius 2 is 2.00 bits per heavy atom. The average molecular weight is 300 g/mol. The highest BCUT2D eigenvalue weighted by molar-refractivity contribution is 5.78. The van der Waals surface area contributed by atoms with E-state index in [9.17, 15) is 9.59 Å². The molecule has 2 aromatic rings. The molecule has 0 saturated heterocycles. The number of nitrogens with zero attached hydrogens (tertiary/aromatic N) is 1. The Labute approximate surface area is 128 Å². The van der Waals surface area contributed by atoms with E-state index in [-0.39, 0.29) is 17.4 Å². The second-order valence-corrected chi connectivity index (χ2v) is 5.93. The summed E-state index contributed by atoms with van der Waals surface area (Å²) in [5.41, 5.74) is 5.90. The molecule has 1 amide bonds. The zero-order valence-electron chi connectivity index (χ0n) is 12.3. The number of rotatable bonds is 4. The first-order valence-electron chi connectivity index (χ1n) is 7.65. The lowest BCUT2D eigenvalue weighted by molar-refractivity contribution is -0.122. The van der Waals surface area contributed by atoms with Crippen molar-refractivity contribution in [1.29, 1.82) is 0 Å². The van der Waals surface area contributed by atoms with Crippen molar-refractivity contribution in [2.24, 2.45) is 17.6 Å². The Kier molecular flexibility index (Phi) is 4.09. The number of H-pyrrole nitrogens is 1. The van der Waals surface area contributed by atoms with Crippen LogP contribution in [0.25, 0.3) is 10.9 Å². The van der Waals surface area contributed by atoms with Gasteiger partial charge in [-0.15, -0.1) is 0 Å². The number of anilines is 1. The maximum atomic E-state index is 12.0. The van der Waals surface area contributed by atoms with Gasteiger partial charge in [0.05, 0.1) is 10.9 Å². The summed E-state index contributed by atoms with van der Waals surface area (Å²) >= 11 is 0. The summed E-state index contributed by atoms with van der Waals surface area (Å²) in [7, 11) is 0. The molecule has 22 heavy (non-hydrogen) atoms.